The van der Waals surface area contributed by atoms with Gasteiger partial charge in [-0.15, -0.1) is 13.2 Å². The highest BCUT2D eigenvalue weighted by Crippen LogP contribution is 2.26. The monoisotopic (exact) mass is 349 g/mol. The summed E-state index contributed by atoms with van der Waals surface area (Å²) in [6.07, 6.45) is -4.94. The zero-order valence-corrected chi connectivity index (χ0v) is 12.5. The lowest BCUT2D eigenvalue weighted by Gasteiger charge is -2.13. The molecule has 0 aliphatic carbocycles. The van der Waals surface area contributed by atoms with Crippen molar-refractivity contribution in [3.8, 4) is 5.75 Å². The summed E-state index contributed by atoms with van der Waals surface area (Å²) in [4.78, 5) is -0.442. The Labute approximate surface area is 129 Å². The lowest BCUT2D eigenvalue weighted by Crippen LogP contribution is -2.18. The van der Waals surface area contributed by atoms with Crippen LogP contribution in [0.1, 0.15) is 5.56 Å². The molecule has 1 N–H and O–H groups in total. The molecule has 2 rings (SSSR count). The van der Waals surface area contributed by atoms with Crippen molar-refractivity contribution < 1.29 is 30.7 Å². The van der Waals surface area contributed by atoms with E-state index in [9.17, 15) is 26.0 Å². The average molecular weight is 349 g/mol. The number of halogens is 4. The number of aryl methyl sites for hydroxylation is 1. The maximum atomic E-state index is 13.2. The van der Waals surface area contributed by atoms with Crippen LogP contribution in [0.4, 0.5) is 23.2 Å². The SMILES string of the molecule is Cc1ccc(F)cc1NS(=O)(=O)c1cccc(OC(F)(F)F)c1. The number of sulfonamides is 1. The second-order valence-electron chi connectivity index (χ2n) is 4.59. The highest BCUT2D eigenvalue weighted by atomic mass is 32.2. The van der Waals surface area contributed by atoms with Gasteiger partial charge in [-0.05, 0) is 36.8 Å². The molecule has 0 saturated carbocycles. The summed E-state index contributed by atoms with van der Waals surface area (Å²) in [6, 6.07) is 7.41. The summed E-state index contributed by atoms with van der Waals surface area (Å²) < 4.78 is 80.0. The summed E-state index contributed by atoms with van der Waals surface area (Å²) >= 11 is 0. The van der Waals surface area contributed by atoms with Crippen molar-refractivity contribution in [1.82, 2.24) is 0 Å². The van der Waals surface area contributed by atoms with Crippen LogP contribution < -0.4 is 9.46 Å². The van der Waals surface area contributed by atoms with Gasteiger partial charge in [0.1, 0.15) is 11.6 Å². The minimum Gasteiger partial charge on any atom is -0.406 e. The van der Waals surface area contributed by atoms with Crippen LogP contribution in [0.2, 0.25) is 0 Å². The molecule has 4 nitrogen and oxygen atoms in total. The number of rotatable bonds is 4. The van der Waals surface area contributed by atoms with Crippen molar-refractivity contribution in [3.63, 3.8) is 0 Å². The van der Waals surface area contributed by atoms with Crippen LogP contribution in [-0.4, -0.2) is 14.8 Å². The minimum absolute atomic E-state index is 0.00728. The number of hydrogen-bond acceptors (Lipinski definition) is 3. The maximum absolute atomic E-state index is 13.2. The van der Waals surface area contributed by atoms with Crippen molar-refractivity contribution in [2.75, 3.05) is 4.72 Å². The number of nitrogens with one attached hydrogen (secondary N) is 1. The Morgan fingerprint density at radius 1 is 1.09 bits per heavy atom. The number of anilines is 1. The van der Waals surface area contributed by atoms with Crippen LogP contribution in [0.5, 0.6) is 5.75 Å². The molecule has 0 heterocycles. The fourth-order valence-corrected chi connectivity index (χ4v) is 2.90. The van der Waals surface area contributed by atoms with Gasteiger partial charge >= 0.3 is 6.36 Å². The Morgan fingerprint density at radius 3 is 2.43 bits per heavy atom. The largest absolute Gasteiger partial charge is 0.573 e. The van der Waals surface area contributed by atoms with Crippen LogP contribution in [0.15, 0.2) is 47.4 Å². The van der Waals surface area contributed by atoms with Gasteiger partial charge < -0.3 is 4.74 Å². The summed E-state index contributed by atoms with van der Waals surface area (Å²) in [5, 5.41) is 0. The molecule has 0 spiro atoms. The second kappa shape index (κ2) is 6.07. The molecule has 0 bridgehead atoms. The molecule has 0 unspecified atom stereocenters. The molecule has 0 aromatic heterocycles. The zero-order chi connectivity index (χ0) is 17.3. The average Bonchev–Trinajstić information content (AvgIpc) is 2.41. The lowest BCUT2D eigenvalue weighted by atomic mass is 10.2. The third kappa shape index (κ3) is 4.59. The van der Waals surface area contributed by atoms with Gasteiger partial charge in [0.05, 0.1) is 10.6 Å². The molecule has 0 aliphatic rings. The Balaban J connectivity index is 2.33. The maximum Gasteiger partial charge on any atom is 0.573 e. The van der Waals surface area contributed by atoms with E-state index < -0.39 is 32.8 Å². The smallest absolute Gasteiger partial charge is 0.406 e. The molecule has 0 radical (unpaired) electrons. The van der Waals surface area contributed by atoms with Gasteiger partial charge in [-0.1, -0.05) is 12.1 Å². The Bertz CT molecular complexity index is 819. The van der Waals surface area contributed by atoms with Gasteiger partial charge in [-0.2, -0.15) is 0 Å². The predicted octanol–water partition coefficient (Wildman–Crippen LogP) is 3.83. The predicted molar refractivity (Wildman–Crippen MR) is 75.1 cm³/mol. The van der Waals surface area contributed by atoms with E-state index in [1.54, 1.807) is 6.92 Å². The molecule has 9 heteroatoms. The second-order valence-corrected chi connectivity index (χ2v) is 6.27. The van der Waals surface area contributed by atoms with E-state index in [1.165, 1.54) is 6.07 Å². The topological polar surface area (TPSA) is 55.4 Å². The van der Waals surface area contributed by atoms with Crippen molar-refractivity contribution >= 4 is 15.7 Å². The van der Waals surface area contributed by atoms with E-state index in [1.807, 2.05) is 0 Å². The Kier molecular flexibility index (Phi) is 4.51. The van der Waals surface area contributed by atoms with Gasteiger partial charge in [-0.25, -0.2) is 12.8 Å². The first-order chi connectivity index (χ1) is 10.6. The first-order valence-corrected chi connectivity index (χ1v) is 7.70. The van der Waals surface area contributed by atoms with Gasteiger partial charge in [-0.3, -0.25) is 4.72 Å². The summed E-state index contributed by atoms with van der Waals surface area (Å²) in [7, 11) is -4.19. The van der Waals surface area contributed by atoms with E-state index in [4.69, 9.17) is 0 Å². The van der Waals surface area contributed by atoms with Crippen molar-refractivity contribution in [2.45, 2.75) is 18.2 Å². The van der Waals surface area contributed by atoms with Crippen LogP contribution >= 0.6 is 0 Å². The highest BCUT2D eigenvalue weighted by Gasteiger charge is 2.31. The van der Waals surface area contributed by atoms with Gasteiger partial charge in [0.15, 0.2) is 0 Å². The molecule has 2 aromatic carbocycles. The zero-order valence-electron chi connectivity index (χ0n) is 11.7. The number of benzene rings is 2. The van der Waals surface area contributed by atoms with Crippen LogP contribution in [0.25, 0.3) is 0 Å². The first kappa shape index (κ1) is 17.1. The number of alkyl halides is 3. The molecule has 124 valence electrons. The van der Waals surface area contributed by atoms with Gasteiger partial charge in [0.2, 0.25) is 0 Å². The molecule has 0 aliphatic heterocycles. The summed E-state index contributed by atoms with van der Waals surface area (Å²) in [5.74, 6) is -1.32. The van der Waals surface area contributed by atoms with Gasteiger partial charge in [0, 0.05) is 6.07 Å². The fraction of sp³-hybridized carbons (Fsp3) is 0.143. The number of hydrogen-bond donors (Lipinski definition) is 1. The quantitative estimate of drug-likeness (QED) is 0.854. The van der Waals surface area contributed by atoms with E-state index in [0.29, 0.717) is 5.56 Å². The van der Waals surface area contributed by atoms with Gasteiger partial charge in [0.25, 0.3) is 10.0 Å². The van der Waals surface area contributed by atoms with Crippen LogP contribution in [0, 0.1) is 12.7 Å². The van der Waals surface area contributed by atoms with Crippen molar-refractivity contribution in [1.29, 1.82) is 0 Å². The van der Waals surface area contributed by atoms with E-state index in [0.717, 1.165) is 36.4 Å². The highest BCUT2D eigenvalue weighted by molar-refractivity contribution is 7.92. The standard InChI is InChI=1S/C14H11F4NO3S/c1-9-5-6-10(15)7-13(9)19-23(20,21)12-4-2-3-11(8-12)22-14(16,17)18/h2-8,19H,1H3. The lowest BCUT2D eigenvalue weighted by molar-refractivity contribution is -0.274. The molecule has 0 fully saturated rings. The normalized spacial score (nSPS) is 12.0. The molecule has 2 aromatic rings. The summed E-state index contributed by atoms with van der Waals surface area (Å²) in [5.41, 5.74) is 0.449. The molecule has 0 amide bonds. The molecule has 0 atom stereocenters. The van der Waals surface area contributed by atoms with E-state index >= 15 is 0 Å². The van der Waals surface area contributed by atoms with Crippen molar-refractivity contribution in [3.05, 3.63) is 53.8 Å². The first-order valence-electron chi connectivity index (χ1n) is 6.22. The van der Waals surface area contributed by atoms with Crippen LogP contribution in [-0.2, 0) is 10.0 Å². The van der Waals surface area contributed by atoms with Crippen LogP contribution in [0.3, 0.4) is 0 Å². The minimum atomic E-state index is -4.94. The molecule has 0 saturated heterocycles. The Morgan fingerprint density at radius 2 is 1.78 bits per heavy atom. The van der Waals surface area contributed by atoms with Crippen molar-refractivity contribution in [2.24, 2.45) is 0 Å². The fourth-order valence-electron chi connectivity index (χ4n) is 1.75. The third-order valence-electron chi connectivity index (χ3n) is 2.79. The molecule has 23 heavy (non-hydrogen) atoms. The van der Waals surface area contributed by atoms with E-state index in [2.05, 4.69) is 9.46 Å². The summed E-state index contributed by atoms with van der Waals surface area (Å²) in [6.45, 7) is 1.56. The van der Waals surface area contributed by atoms with E-state index in [-0.39, 0.29) is 5.69 Å². The number of ether oxygens (including phenoxy) is 1. The molecular formula is C14H11F4NO3S. The Hall–Kier alpha value is -2.29. The third-order valence-corrected chi connectivity index (χ3v) is 4.16. The molecular weight excluding hydrogens is 338 g/mol.